The zero-order valence-electron chi connectivity index (χ0n) is 11.8. The topological polar surface area (TPSA) is 35.8 Å². The summed E-state index contributed by atoms with van der Waals surface area (Å²) in [5.41, 5.74) is 2.35. The molecule has 1 unspecified atom stereocenters. The Morgan fingerprint density at radius 1 is 1.47 bits per heavy atom. The number of benzene rings is 1. The van der Waals surface area contributed by atoms with Crippen LogP contribution in [0.3, 0.4) is 0 Å². The maximum absolute atomic E-state index is 9.53. The van der Waals surface area contributed by atoms with Gasteiger partial charge in [-0.1, -0.05) is 36.8 Å². The number of thioether (sulfide) groups is 1. The molecule has 2 rings (SSSR count). The van der Waals surface area contributed by atoms with Crippen LogP contribution >= 0.6 is 11.8 Å². The molecule has 1 aromatic rings. The van der Waals surface area contributed by atoms with Crippen LogP contribution in [0, 0.1) is 24.2 Å². The summed E-state index contributed by atoms with van der Waals surface area (Å²) in [6.07, 6.45) is 2.40. The lowest BCUT2D eigenvalue weighted by molar-refractivity contribution is 0.416. The van der Waals surface area contributed by atoms with E-state index in [1.54, 1.807) is 0 Å². The van der Waals surface area contributed by atoms with Gasteiger partial charge < -0.3 is 0 Å². The van der Waals surface area contributed by atoms with E-state index in [2.05, 4.69) is 49.5 Å². The second kappa shape index (κ2) is 6.45. The van der Waals surface area contributed by atoms with E-state index in [1.165, 1.54) is 24.0 Å². The highest BCUT2D eigenvalue weighted by molar-refractivity contribution is 7.98. The Labute approximate surface area is 120 Å². The lowest BCUT2D eigenvalue weighted by Gasteiger charge is -2.27. The average molecular weight is 274 g/mol. The fourth-order valence-electron chi connectivity index (χ4n) is 2.50. The van der Waals surface area contributed by atoms with E-state index >= 15 is 0 Å². The minimum Gasteiger partial charge on any atom is -0.299 e. The van der Waals surface area contributed by atoms with Crippen molar-refractivity contribution < 1.29 is 0 Å². The van der Waals surface area contributed by atoms with Crippen LogP contribution < -0.4 is 5.32 Å². The van der Waals surface area contributed by atoms with Crippen molar-refractivity contribution in [3.05, 3.63) is 35.4 Å². The van der Waals surface area contributed by atoms with Gasteiger partial charge in [-0.3, -0.25) is 5.32 Å². The summed E-state index contributed by atoms with van der Waals surface area (Å²) in [6.45, 7) is 5.07. The van der Waals surface area contributed by atoms with Crippen molar-refractivity contribution in [2.45, 2.75) is 38.0 Å². The lowest BCUT2D eigenvalue weighted by Crippen LogP contribution is -2.48. The maximum atomic E-state index is 9.53. The van der Waals surface area contributed by atoms with Gasteiger partial charge in [0.2, 0.25) is 0 Å². The average Bonchev–Trinajstić information content (AvgIpc) is 3.22. The first kappa shape index (κ1) is 14.4. The van der Waals surface area contributed by atoms with E-state index < -0.39 is 0 Å². The van der Waals surface area contributed by atoms with Gasteiger partial charge in [-0.15, -0.1) is 0 Å². The highest BCUT2D eigenvalue weighted by atomic mass is 32.2. The smallest absolute Gasteiger partial charge is 0.118 e. The molecule has 0 heterocycles. The van der Waals surface area contributed by atoms with Crippen molar-refractivity contribution in [1.29, 1.82) is 5.26 Å². The van der Waals surface area contributed by atoms with Gasteiger partial charge in [0.1, 0.15) is 5.54 Å². The molecule has 3 heteroatoms. The van der Waals surface area contributed by atoms with E-state index in [0.29, 0.717) is 5.92 Å². The summed E-state index contributed by atoms with van der Waals surface area (Å²) in [7, 11) is 0. The predicted octanol–water partition coefficient (Wildman–Crippen LogP) is 3.51. The first-order valence-electron chi connectivity index (χ1n) is 7.00. The van der Waals surface area contributed by atoms with Crippen molar-refractivity contribution in [2.75, 3.05) is 12.3 Å². The van der Waals surface area contributed by atoms with Crippen molar-refractivity contribution in [3.8, 4) is 6.07 Å². The Morgan fingerprint density at radius 3 is 2.84 bits per heavy atom. The minimum absolute atomic E-state index is 0.302. The number of hydrogen-bond donors (Lipinski definition) is 1. The Balaban J connectivity index is 1.91. The monoisotopic (exact) mass is 274 g/mol. The van der Waals surface area contributed by atoms with Crippen LogP contribution in [0.15, 0.2) is 24.3 Å². The van der Waals surface area contributed by atoms with Crippen LogP contribution in [0.25, 0.3) is 0 Å². The van der Waals surface area contributed by atoms with Gasteiger partial charge in [0, 0.05) is 11.5 Å². The van der Waals surface area contributed by atoms with E-state index in [-0.39, 0.29) is 5.54 Å². The van der Waals surface area contributed by atoms with Crippen molar-refractivity contribution in [1.82, 2.24) is 5.32 Å². The minimum atomic E-state index is -0.302. The summed E-state index contributed by atoms with van der Waals surface area (Å²) in [4.78, 5) is 0. The number of nitrogens with zero attached hydrogens (tertiary/aromatic N) is 1. The van der Waals surface area contributed by atoms with Gasteiger partial charge in [-0.2, -0.15) is 17.0 Å². The van der Waals surface area contributed by atoms with Crippen molar-refractivity contribution in [2.24, 2.45) is 5.92 Å². The van der Waals surface area contributed by atoms with Gasteiger partial charge in [0.25, 0.3) is 0 Å². The Kier molecular flexibility index (Phi) is 4.90. The van der Waals surface area contributed by atoms with Gasteiger partial charge in [-0.05, 0) is 37.8 Å². The molecule has 1 aliphatic carbocycles. The molecule has 0 saturated heterocycles. The first-order valence-corrected chi connectivity index (χ1v) is 8.15. The van der Waals surface area contributed by atoms with Gasteiger partial charge in [0.05, 0.1) is 6.07 Å². The molecule has 1 aliphatic rings. The molecule has 102 valence electrons. The molecule has 1 fully saturated rings. The fourth-order valence-corrected chi connectivity index (χ4v) is 3.74. The predicted molar refractivity (Wildman–Crippen MR) is 82.1 cm³/mol. The molecular formula is C16H22N2S. The molecule has 1 aromatic carbocycles. The normalized spacial score (nSPS) is 17.7. The summed E-state index contributed by atoms with van der Waals surface area (Å²) in [5.74, 6) is 2.43. The number of hydrogen-bond acceptors (Lipinski definition) is 3. The highest BCUT2D eigenvalue weighted by Gasteiger charge is 2.44. The van der Waals surface area contributed by atoms with Crippen LogP contribution in [-0.4, -0.2) is 17.8 Å². The molecule has 1 saturated carbocycles. The zero-order valence-corrected chi connectivity index (χ0v) is 12.6. The Bertz CT molecular complexity index is 462. The summed E-state index contributed by atoms with van der Waals surface area (Å²) in [6, 6.07) is 11.2. The second-order valence-corrected chi connectivity index (χ2v) is 6.36. The number of rotatable bonds is 7. The molecule has 0 aromatic heterocycles. The van der Waals surface area contributed by atoms with E-state index in [0.717, 1.165) is 18.1 Å². The van der Waals surface area contributed by atoms with Gasteiger partial charge >= 0.3 is 0 Å². The largest absolute Gasteiger partial charge is 0.299 e. The molecule has 0 amide bonds. The molecule has 19 heavy (non-hydrogen) atoms. The maximum Gasteiger partial charge on any atom is 0.118 e. The summed E-state index contributed by atoms with van der Waals surface area (Å²) >= 11 is 1.87. The molecule has 0 bridgehead atoms. The molecule has 1 atom stereocenters. The van der Waals surface area contributed by atoms with E-state index in [1.807, 2.05) is 11.8 Å². The number of nitrogens with one attached hydrogen (secondary N) is 1. The van der Waals surface area contributed by atoms with Crippen LogP contribution in [0.5, 0.6) is 0 Å². The van der Waals surface area contributed by atoms with Crippen LogP contribution in [-0.2, 0) is 5.75 Å². The molecule has 2 nitrogen and oxygen atoms in total. The standard InChI is InChI=1S/C16H22N2S/c1-3-18-16(11-17,15-7-8-15)12-19-10-14-6-4-5-13(2)9-14/h4-6,9,15,18H,3,7-8,10,12H2,1-2H3. The number of nitriles is 1. The molecule has 1 N–H and O–H groups in total. The Morgan fingerprint density at radius 2 is 2.26 bits per heavy atom. The third kappa shape index (κ3) is 3.75. The van der Waals surface area contributed by atoms with Crippen molar-refractivity contribution in [3.63, 3.8) is 0 Å². The van der Waals surface area contributed by atoms with E-state index in [4.69, 9.17) is 0 Å². The van der Waals surface area contributed by atoms with E-state index in [9.17, 15) is 5.26 Å². The quantitative estimate of drug-likeness (QED) is 0.826. The molecular weight excluding hydrogens is 252 g/mol. The lowest BCUT2D eigenvalue weighted by atomic mass is 9.98. The summed E-state index contributed by atoms with van der Waals surface area (Å²) in [5, 5.41) is 13.0. The molecule has 0 radical (unpaired) electrons. The highest BCUT2D eigenvalue weighted by Crippen LogP contribution is 2.41. The zero-order chi connectivity index (χ0) is 13.7. The van der Waals surface area contributed by atoms with Crippen LogP contribution in [0.2, 0.25) is 0 Å². The summed E-state index contributed by atoms with van der Waals surface area (Å²) < 4.78 is 0. The van der Waals surface area contributed by atoms with Crippen LogP contribution in [0.1, 0.15) is 30.9 Å². The Hall–Kier alpha value is -0.980. The SMILES string of the molecule is CCNC(C#N)(CSCc1cccc(C)c1)C1CC1. The molecule has 0 aliphatic heterocycles. The third-order valence-corrected chi connectivity index (χ3v) is 4.84. The number of aryl methyl sites for hydroxylation is 1. The second-order valence-electron chi connectivity index (χ2n) is 5.37. The van der Waals surface area contributed by atoms with Gasteiger partial charge in [-0.25, -0.2) is 0 Å². The van der Waals surface area contributed by atoms with Gasteiger partial charge in [0.15, 0.2) is 0 Å². The molecule has 0 spiro atoms. The van der Waals surface area contributed by atoms with Crippen LogP contribution in [0.4, 0.5) is 0 Å². The first-order chi connectivity index (χ1) is 9.20. The van der Waals surface area contributed by atoms with Crippen molar-refractivity contribution >= 4 is 11.8 Å². The fraction of sp³-hybridized carbons (Fsp3) is 0.562. The third-order valence-electron chi connectivity index (χ3n) is 3.65.